The average molecular weight is 1040 g/mol. The number of ether oxygens (including phenoxy) is 4. The molecule has 16 nitrogen and oxygen atoms in total. The number of rotatable bonds is 18. The van der Waals surface area contributed by atoms with Crippen molar-refractivity contribution in [3.8, 4) is 5.75 Å². The van der Waals surface area contributed by atoms with Crippen molar-refractivity contribution in [2.24, 2.45) is 5.16 Å². The number of oxime groups is 1. The van der Waals surface area contributed by atoms with Gasteiger partial charge in [0, 0.05) is 11.6 Å². The number of esters is 2. The van der Waals surface area contributed by atoms with E-state index in [1.54, 1.807) is 52.1 Å². The molecule has 3 atom stereocenters. The van der Waals surface area contributed by atoms with Gasteiger partial charge in [0.2, 0.25) is 6.10 Å². The monoisotopic (exact) mass is 1040 g/mol. The number of halogens is 2. The lowest BCUT2D eigenvalue weighted by atomic mass is 10.0. The zero-order valence-electron chi connectivity index (χ0n) is 39.6. The third-order valence-corrected chi connectivity index (χ3v) is 18.6. The zero-order valence-corrected chi connectivity index (χ0v) is 43.8. The van der Waals surface area contributed by atoms with Crippen LogP contribution in [-0.2, 0) is 49.3 Å². The molecule has 0 spiro atoms. The number of benzene rings is 3. The van der Waals surface area contributed by atoms with Crippen molar-refractivity contribution in [1.29, 1.82) is 0 Å². The van der Waals surface area contributed by atoms with Crippen molar-refractivity contribution >= 4 is 95.3 Å². The molecule has 0 saturated carbocycles. The second-order valence-electron chi connectivity index (χ2n) is 18.4. The number of aromatic nitrogens is 1. The normalized spacial score (nSPS) is 16.8. The SMILES string of the molecule is COc1ccc(COC(=O)C2=C(CCl)CSC3C(NC(=O)C(=NO[C@H](CO[Si](C)(C)C(C)(C)C)C(=O)OC(c4ccccc4)c4ccccc4)c4nc(NC(=O)OC(C)(C)C)sc4Cl)C(=O)N23)cc1. The molecule has 0 bridgehead atoms. The molecule has 2 aliphatic heterocycles. The van der Waals surface area contributed by atoms with Crippen LogP contribution in [0.5, 0.6) is 5.75 Å². The topological polar surface area (TPSA) is 193 Å². The maximum absolute atomic E-state index is 14.6. The fourth-order valence-corrected chi connectivity index (χ4v) is 10.3. The van der Waals surface area contributed by atoms with E-state index in [1.807, 2.05) is 94.5 Å². The van der Waals surface area contributed by atoms with Crippen LogP contribution in [0.2, 0.25) is 22.5 Å². The molecule has 0 radical (unpaired) electrons. The van der Waals surface area contributed by atoms with Crippen molar-refractivity contribution in [2.75, 3.05) is 30.7 Å². The second-order valence-corrected chi connectivity index (χ2v) is 26.2. The smallest absolute Gasteiger partial charge is 0.413 e. The number of alkyl halides is 1. The molecule has 1 aromatic heterocycles. The van der Waals surface area contributed by atoms with E-state index in [2.05, 4.69) is 20.8 Å². The first-order valence-corrected chi connectivity index (χ1v) is 27.5. The number of fused-ring (bicyclic) bond motifs is 1. The maximum Gasteiger partial charge on any atom is 0.413 e. The van der Waals surface area contributed by atoms with Gasteiger partial charge in [0.25, 0.3) is 11.8 Å². The minimum Gasteiger partial charge on any atom is -0.497 e. The first kappa shape index (κ1) is 52.9. The van der Waals surface area contributed by atoms with E-state index in [0.29, 0.717) is 28.0 Å². The maximum atomic E-state index is 14.6. The van der Waals surface area contributed by atoms with E-state index in [4.69, 9.17) is 51.4 Å². The van der Waals surface area contributed by atoms with Crippen LogP contribution in [0.15, 0.2) is 101 Å². The lowest BCUT2D eigenvalue weighted by Crippen LogP contribution is -2.71. The minimum absolute atomic E-state index is 0.0113. The fourth-order valence-electron chi connectivity index (χ4n) is 6.54. The van der Waals surface area contributed by atoms with E-state index in [1.165, 1.54) is 16.7 Å². The number of anilines is 1. The van der Waals surface area contributed by atoms with Crippen LogP contribution in [0.25, 0.3) is 0 Å². The Hall–Kier alpha value is -5.44. The van der Waals surface area contributed by atoms with Crippen LogP contribution in [0.1, 0.15) is 70.0 Å². The van der Waals surface area contributed by atoms with E-state index < -0.39 is 73.1 Å². The van der Waals surface area contributed by atoms with Crippen molar-refractivity contribution < 1.29 is 52.2 Å². The van der Waals surface area contributed by atoms with Crippen LogP contribution in [0.4, 0.5) is 9.93 Å². The van der Waals surface area contributed by atoms with Gasteiger partial charge in [-0.1, -0.05) is 122 Å². The predicted octanol–water partition coefficient (Wildman–Crippen LogP) is 9.23. The molecule has 1 saturated heterocycles. The summed E-state index contributed by atoms with van der Waals surface area (Å²) in [5, 5.41) is 8.37. The summed E-state index contributed by atoms with van der Waals surface area (Å²) < 4.78 is 28.8. The molecule has 2 unspecified atom stereocenters. The summed E-state index contributed by atoms with van der Waals surface area (Å²) in [6.07, 6.45) is -3.25. The van der Waals surface area contributed by atoms with Crippen LogP contribution in [-0.4, -0.2) is 102 Å². The highest BCUT2D eigenvalue weighted by molar-refractivity contribution is 8.00. The summed E-state index contributed by atoms with van der Waals surface area (Å²) in [5.74, 6) is -2.40. The van der Waals surface area contributed by atoms with Gasteiger partial charge in [-0.3, -0.25) is 19.8 Å². The highest BCUT2D eigenvalue weighted by Crippen LogP contribution is 2.42. The Labute approximate surface area is 420 Å². The first-order chi connectivity index (χ1) is 32.6. The van der Waals surface area contributed by atoms with Crippen LogP contribution < -0.4 is 15.4 Å². The molecule has 4 aromatic rings. The van der Waals surface area contributed by atoms with Gasteiger partial charge < -0.3 is 33.5 Å². The number of thiazole rings is 1. The van der Waals surface area contributed by atoms with Gasteiger partial charge in [0.1, 0.15) is 45.1 Å². The van der Waals surface area contributed by atoms with Crippen LogP contribution >= 0.6 is 46.3 Å². The van der Waals surface area contributed by atoms with Crippen molar-refractivity contribution in [3.05, 3.63) is 123 Å². The Morgan fingerprint density at radius 3 is 2.13 bits per heavy atom. The Balaban J connectivity index is 1.31. The summed E-state index contributed by atoms with van der Waals surface area (Å²) >= 11 is 15.1. The second kappa shape index (κ2) is 22.5. The molecule has 3 amide bonds. The van der Waals surface area contributed by atoms with E-state index in [9.17, 15) is 24.0 Å². The average Bonchev–Trinajstić information content (AvgIpc) is 3.67. The van der Waals surface area contributed by atoms with Crippen molar-refractivity contribution in [3.63, 3.8) is 0 Å². The number of amides is 3. The van der Waals surface area contributed by atoms with E-state index in [-0.39, 0.29) is 50.7 Å². The Morgan fingerprint density at radius 1 is 0.942 bits per heavy atom. The van der Waals surface area contributed by atoms with Gasteiger partial charge in [0.05, 0.1) is 13.7 Å². The summed E-state index contributed by atoms with van der Waals surface area (Å²) in [6, 6.07) is 24.1. The van der Waals surface area contributed by atoms with Gasteiger partial charge in [-0.25, -0.2) is 19.4 Å². The predicted molar refractivity (Wildman–Crippen MR) is 268 cm³/mol. The molecular formula is C48H55Cl2N5O11S2Si. The highest BCUT2D eigenvalue weighted by atomic mass is 35.5. The summed E-state index contributed by atoms with van der Waals surface area (Å²) in [5.41, 5.74) is 0.874. The summed E-state index contributed by atoms with van der Waals surface area (Å²) in [4.78, 5) is 81.1. The first-order valence-electron chi connectivity index (χ1n) is 21.8. The summed E-state index contributed by atoms with van der Waals surface area (Å²) in [7, 11) is -1.00. The van der Waals surface area contributed by atoms with E-state index >= 15 is 0 Å². The number of β-lactam (4-membered cyclic amide) rings is 1. The Morgan fingerprint density at radius 2 is 1.57 bits per heavy atom. The number of carbonyl (C=O) groups is 5. The lowest BCUT2D eigenvalue weighted by molar-refractivity contribution is -0.163. The molecule has 3 heterocycles. The number of nitrogens with one attached hydrogen (secondary N) is 2. The number of carbonyl (C=O) groups excluding carboxylic acids is 5. The molecule has 2 aliphatic rings. The van der Waals surface area contributed by atoms with Gasteiger partial charge in [-0.05, 0) is 73.3 Å². The van der Waals surface area contributed by atoms with Gasteiger partial charge in [-0.15, -0.1) is 23.4 Å². The third kappa shape index (κ3) is 13.3. The quantitative estimate of drug-likeness (QED) is 0.0182. The number of methoxy groups -OCH3 is 1. The minimum atomic E-state index is -2.55. The summed E-state index contributed by atoms with van der Waals surface area (Å²) in [6.45, 7) is 14.8. The number of hydrogen-bond acceptors (Lipinski definition) is 15. The van der Waals surface area contributed by atoms with Gasteiger partial charge in [0.15, 0.2) is 25.3 Å². The molecule has 1 fully saturated rings. The zero-order chi connectivity index (χ0) is 50.3. The molecule has 2 N–H and O–H groups in total. The molecule has 3 aromatic carbocycles. The standard InChI is InChI=1S/C48H55Cl2N5O11S2Si/c1-47(2,3)65-46(60)53-45-52-34(39(50)68-45)35(40(56)51-36-41(57)55-37(31(24-49)27-67-42(36)55)44(59)62-25-28-20-22-32(61-7)23-21-28)54-66-33(26-63-69(8,9)48(4,5)6)43(58)64-38(29-16-12-10-13-17-29)30-18-14-11-15-19-30/h10-23,33,36,38,42H,24-27H2,1-9H3,(H,51,56)(H,52,53,60)/t33-,36?,42?/m1/s1. The third-order valence-electron chi connectivity index (χ3n) is 11.2. The Kier molecular flexibility index (Phi) is 17.3. The molecule has 368 valence electrons. The molecule has 6 rings (SSSR count). The Bertz CT molecular complexity index is 2530. The number of thioether (sulfide) groups is 1. The lowest BCUT2D eigenvalue weighted by Gasteiger charge is -2.49. The number of hydrogen-bond donors (Lipinski definition) is 2. The van der Waals surface area contributed by atoms with Crippen molar-refractivity contribution in [2.45, 2.75) is 95.5 Å². The van der Waals surface area contributed by atoms with E-state index in [0.717, 1.165) is 11.3 Å². The van der Waals surface area contributed by atoms with Crippen LogP contribution in [0.3, 0.4) is 0 Å². The van der Waals surface area contributed by atoms with Gasteiger partial charge >= 0.3 is 18.0 Å². The highest BCUT2D eigenvalue weighted by Gasteiger charge is 2.55. The van der Waals surface area contributed by atoms with Gasteiger partial charge in [-0.2, -0.15) is 0 Å². The molecule has 0 aliphatic carbocycles. The van der Waals surface area contributed by atoms with Crippen LogP contribution in [0, 0.1) is 0 Å². The molecule has 21 heteroatoms. The number of nitrogens with zero attached hydrogens (tertiary/aromatic N) is 3. The van der Waals surface area contributed by atoms with Crippen molar-refractivity contribution in [1.82, 2.24) is 15.2 Å². The molecular weight excluding hydrogens is 986 g/mol. The fraction of sp³-hybridized carbons (Fsp3) is 0.396. The molecule has 69 heavy (non-hydrogen) atoms. The largest absolute Gasteiger partial charge is 0.497 e.